The van der Waals surface area contributed by atoms with Gasteiger partial charge in [0.15, 0.2) is 0 Å². The van der Waals surface area contributed by atoms with Gasteiger partial charge in [0.25, 0.3) is 11.6 Å². The van der Waals surface area contributed by atoms with E-state index in [0.717, 1.165) is 3.57 Å². The number of hydroxylamine groups is 1. The van der Waals surface area contributed by atoms with Crippen molar-refractivity contribution < 1.29 is 14.9 Å². The van der Waals surface area contributed by atoms with Crippen LogP contribution in [0.25, 0.3) is 5.69 Å². The average Bonchev–Trinajstić information content (AvgIpc) is 3.17. The van der Waals surface area contributed by atoms with E-state index in [1.165, 1.54) is 16.7 Å². The second-order valence-corrected chi connectivity index (χ2v) is 6.55. The smallest absolute Gasteiger partial charge is 0.295 e. The van der Waals surface area contributed by atoms with Crippen molar-refractivity contribution in [3.8, 4) is 5.69 Å². The molecule has 1 aromatic heterocycles. The van der Waals surface area contributed by atoms with E-state index in [9.17, 15) is 14.9 Å². The number of benzene rings is 2. The molecular formula is C17H13IN4O4. The summed E-state index contributed by atoms with van der Waals surface area (Å²) >= 11 is 2.16. The third kappa shape index (κ3) is 3.68. The number of halogens is 1. The minimum Gasteiger partial charge on any atom is -0.355 e. The molecule has 132 valence electrons. The van der Waals surface area contributed by atoms with Crippen molar-refractivity contribution in [1.29, 1.82) is 0 Å². The summed E-state index contributed by atoms with van der Waals surface area (Å²) in [4.78, 5) is 23.1. The van der Waals surface area contributed by atoms with Crippen molar-refractivity contribution in [2.45, 2.75) is 0 Å². The van der Waals surface area contributed by atoms with E-state index >= 15 is 0 Å². The average molecular weight is 464 g/mol. The molecule has 0 aliphatic heterocycles. The molecule has 3 N–H and O–H groups in total. The molecule has 3 aromatic rings. The zero-order valence-corrected chi connectivity index (χ0v) is 15.4. The molecule has 0 aliphatic rings. The molecule has 0 atom stereocenters. The molecule has 8 nitrogen and oxygen atoms in total. The number of hydrogen-bond donors (Lipinski definition) is 3. The highest BCUT2D eigenvalue weighted by molar-refractivity contribution is 14.1. The molecule has 0 saturated carbocycles. The van der Waals surface area contributed by atoms with Crippen LogP contribution >= 0.6 is 22.6 Å². The maximum Gasteiger partial charge on any atom is 0.295 e. The third-order valence-electron chi connectivity index (χ3n) is 3.66. The van der Waals surface area contributed by atoms with Gasteiger partial charge in [-0.15, -0.1) is 0 Å². The predicted molar refractivity (Wildman–Crippen MR) is 104 cm³/mol. The largest absolute Gasteiger partial charge is 0.355 e. The van der Waals surface area contributed by atoms with E-state index in [1.807, 2.05) is 12.1 Å². The van der Waals surface area contributed by atoms with E-state index in [0.29, 0.717) is 5.69 Å². The van der Waals surface area contributed by atoms with Crippen LogP contribution in [0.1, 0.15) is 10.4 Å². The van der Waals surface area contributed by atoms with Gasteiger partial charge >= 0.3 is 0 Å². The van der Waals surface area contributed by atoms with Crippen molar-refractivity contribution in [2.24, 2.45) is 0 Å². The lowest BCUT2D eigenvalue weighted by atomic mass is 10.1. The fourth-order valence-electron chi connectivity index (χ4n) is 2.47. The van der Waals surface area contributed by atoms with Crippen molar-refractivity contribution in [3.63, 3.8) is 0 Å². The number of nitrogens with zero attached hydrogens (tertiary/aromatic N) is 2. The maximum absolute atomic E-state index is 12.1. The first-order valence-electron chi connectivity index (χ1n) is 7.42. The molecule has 0 unspecified atom stereocenters. The number of carbonyl (C=O) groups excluding carboxylic acids is 1. The first-order chi connectivity index (χ1) is 12.5. The van der Waals surface area contributed by atoms with Gasteiger partial charge in [-0.3, -0.25) is 20.1 Å². The van der Waals surface area contributed by atoms with Gasteiger partial charge in [-0.25, -0.2) is 5.48 Å². The summed E-state index contributed by atoms with van der Waals surface area (Å²) in [5.41, 5.74) is 2.55. The summed E-state index contributed by atoms with van der Waals surface area (Å²) in [6.45, 7) is 0. The van der Waals surface area contributed by atoms with E-state index < -0.39 is 10.8 Å². The number of nitro groups is 1. The Labute approximate surface area is 161 Å². The molecule has 9 heteroatoms. The van der Waals surface area contributed by atoms with E-state index in [4.69, 9.17) is 5.21 Å². The quantitative estimate of drug-likeness (QED) is 0.230. The topological polar surface area (TPSA) is 109 Å². The zero-order valence-electron chi connectivity index (χ0n) is 13.2. The SMILES string of the molecule is O=C(NO)c1cc(-n2cccc2)c([N+](=O)[O-])cc1Nc1ccc(I)cc1. The maximum atomic E-state index is 12.1. The molecule has 3 rings (SSSR count). The Morgan fingerprint density at radius 3 is 2.38 bits per heavy atom. The lowest BCUT2D eigenvalue weighted by molar-refractivity contribution is -0.384. The molecule has 2 aromatic carbocycles. The van der Waals surface area contributed by atoms with Gasteiger partial charge in [0.1, 0.15) is 5.69 Å². The van der Waals surface area contributed by atoms with Crippen molar-refractivity contribution >= 4 is 45.6 Å². The summed E-state index contributed by atoms with van der Waals surface area (Å²) in [5, 5.41) is 23.6. The van der Waals surface area contributed by atoms with Crippen LogP contribution in [0, 0.1) is 13.7 Å². The summed E-state index contributed by atoms with van der Waals surface area (Å²) in [5.74, 6) is -0.777. The number of rotatable bonds is 5. The van der Waals surface area contributed by atoms with Crippen LogP contribution in [0.15, 0.2) is 60.9 Å². The zero-order chi connectivity index (χ0) is 18.7. The highest BCUT2D eigenvalue weighted by atomic mass is 127. The molecule has 26 heavy (non-hydrogen) atoms. The van der Waals surface area contributed by atoms with Crippen molar-refractivity contribution in [1.82, 2.24) is 10.0 Å². The first kappa shape index (κ1) is 17.9. The summed E-state index contributed by atoms with van der Waals surface area (Å²) in [7, 11) is 0. The molecular weight excluding hydrogens is 451 g/mol. The molecule has 0 bridgehead atoms. The van der Waals surface area contributed by atoms with Gasteiger partial charge in [0.2, 0.25) is 0 Å². The first-order valence-corrected chi connectivity index (χ1v) is 8.50. The third-order valence-corrected chi connectivity index (χ3v) is 4.38. The summed E-state index contributed by atoms with van der Waals surface area (Å²) in [6, 6.07) is 13.4. The van der Waals surface area contributed by atoms with Crippen LogP contribution in [0.4, 0.5) is 17.1 Å². The molecule has 0 saturated heterocycles. The molecule has 0 radical (unpaired) electrons. The minimum atomic E-state index is -0.777. The Bertz CT molecular complexity index is 956. The number of nitro benzene ring substituents is 1. The fourth-order valence-corrected chi connectivity index (χ4v) is 2.82. The van der Waals surface area contributed by atoms with Crippen LogP contribution in [-0.4, -0.2) is 20.6 Å². The lowest BCUT2D eigenvalue weighted by Crippen LogP contribution is -2.20. The fraction of sp³-hybridized carbons (Fsp3) is 0. The number of aromatic nitrogens is 1. The van der Waals surface area contributed by atoms with Crippen LogP contribution in [0.2, 0.25) is 0 Å². The van der Waals surface area contributed by atoms with E-state index in [1.54, 1.807) is 42.1 Å². The Kier molecular flexibility index (Phi) is 5.19. The lowest BCUT2D eigenvalue weighted by Gasteiger charge is -2.14. The number of anilines is 2. The Morgan fingerprint density at radius 2 is 1.81 bits per heavy atom. The second kappa shape index (κ2) is 7.54. The summed E-state index contributed by atoms with van der Waals surface area (Å²) in [6.07, 6.45) is 3.27. The van der Waals surface area contributed by atoms with Crippen LogP contribution in [0.3, 0.4) is 0 Å². The van der Waals surface area contributed by atoms with Crippen molar-refractivity contribution in [2.75, 3.05) is 5.32 Å². The molecule has 1 heterocycles. The Morgan fingerprint density at radius 1 is 1.15 bits per heavy atom. The number of nitrogens with one attached hydrogen (secondary N) is 2. The molecule has 0 fully saturated rings. The highest BCUT2D eigenvalue weighted by Gasteiger charge is 2.22. The normalized spacial score (nSPS) is 10.4. The van der Waals surface area contributed by atoms with Gasteiger partial charge < -0.3 is 9.88 Å². The number of hydrogen-bond acceptors (Lipinski definition) is 5. The van der Waals surface area contributed by atoms with Crippen LogP contribution in [-0.2, 0) is 0 Å². The van der Waals surface area contributed by atoms with E-state index in [2.05, 4.69) is 27.9 Å². The van der Waals surface area contributed by atoms with Gasteiger partial charge in [-0.1, -0.05) is 0 Å². The molecule has 0 spiro atoms. The standard InChI is InChI=1S/C17H13IN4O4/c18-11-3-5-12(6-4-11)19-14-10-16(22(25)26)15(21-7-1-2-8-21)9-13(14)17(23)20-24/h1-10,19,24H,(H,20,23). The molecule has 1 amide bonds. The van der Waals surface area contributed by atoms with Gasteiger partial charge in [0.05, 0.1) is 16.2 Å². The highest BCUT2D eigenvalue weighted by Crippen LogP contribution is 2.32. The number of amides is 1. The van der Waals surface area contributed by atoms with Crippen molar-refractivity contribution in [3.05, 3.63) is 80.2 Å². The Hall–Kier alpha value is -2.92. The van der Waals surface area contributed by atoms with Gasteiger partial charge in [0, 0.05) is 27.7 Å². The predicted octanol–water partition coefficient (Wildman–Crippen LogP) is 3.85. The second-order valence-electron chi connectivity index (χ2n) is 5.31. The monoisotopic (exact) mass is 464 g/mol. The summed E-state index contributed by atoms with van der Waals surface area (Å²) < 4.78 is 2.55. The van der Waals surface area contributed by atoms with Crippen LogP contribution in [0.5, 0.6) is 0 Å². The van der Waals surface area contributed by atoms with Gasteiger partial charge in [-0.05, 0) is 65.1 Å². The molecule has 0 aliphatic carbocycles. The van der Waals surface area contributed by atoms with Gasteiger partial charge in [-0.2, -0.15) is 0 Å². The Balaban J connectivity index is 2.15. The minimum absolute atomic E-state index is 0.0698. The van der Waals surface area contributed by atoms with Crippen LogP contribution < -0.4 is 10.8 Å². The number of carbonyl (C=O) groups is 1. The van der Waals surface area contributed by atoms with E-state index in [-0.39, 0.29) is 22.6 Å².